The topological polar surface area (TPSA) is 90.3 Å². The maximum Gasteiger partial charge on any atom is 0.309 e. The number of aliphatic imine (C=N–C) groups is 1. The number of likely N-dealkylation sites (tertiary alicyclic amines) is 2. The minimum absolute atomic E-state index is 0.0618. The average Bonchev–Trinajstić information content (AvgIpc) is 2.91. The summed E-state index contributed by atoms with van der Waals surface area (Å²) in [7, 11) is -0.695. The van der Waals surface area contributed by atoms with Gasteiger partial charge in [-0.25, -0.2) is 0 Å². The lowest BCUT2D eigenvalue weighted by atomic mass is 9.71. The molecule has 4 aliphatic rings. The molecule has 3 heterocycles. The summed E-state index contributed by atoms with van der Waals surface area (Å²) >= 11 is 0. The van der Waals surface area contributed by atoms with E-state index in [2.05, 4.69) is 18.8 Å². The molecule has 26 heavy (non-hydrogen) atoms. The first-order valence-corrected chi connectivity index (χ1v) is 10.8. The first-order valence-electron chi connectivity index (χ1n) is 8.92. The summed E-state index contributed by atoms with van der Waals surface area (Å²) in [6, 6.07) is 0. The van der Waals surface area contributed by atoms with Crippen LogP contribution in [0.2, 0.25) is 0 Å². The fourth-order valence-corrected chi connectivity index (χ4v) is 5.57. The molecular weight excluding hydrogens is 354 g/mol. The highest BCUT2D eigenvalue weighted by atomic mass is 32.2. The van der Waals surface area contributed by atoms with Gasteiger partial charge in [-0.1, -0.05) is 13.8 Å². The van der Waals surface area contributed by atoms with E-state index in [1.165, 1.54) is 0 Å². The second kappa shape index (κ2) is 5.58. The largest absolute Gasteiger partial charge is 0.481 e. The molecule has 0 bridgehead atoms. The minimum Gasteiger partial charge on any atom is -0.481 e. The Morgan fingerprint density at radius 1 is 1.19 bits per heavy atom. The summed E-state index contributed by atoms with van der Waals surface area (Å²) in [5.41, 5.74) is 1.34. The lowest BCUT2D eigenvalue weighted by Gasteiger charge is -2.50. The van der Waals surface area contributed by atoms with Gasteiger partial charge in [-0.05, 0) is 18.1 Å². The Morgan fingerprint density at radius 3 is 2.31 bits per heavy atom. The number of carbonyl (C=O) groups excluding carboxylic acids is 2. The molecule has 3 fully saturated rings. The van der Waals surface area contributed by atoms with E-state index in [-0.39, 0.29) is 29.7 Å². The van der Waals surface area contributed by atoms with Gasteiger partial charge in [-0.2, -0.15) is 10.9 Å². The molecule has 8 heteroatoms. The predicted molar refractivity (Wildman–Crippen MR) is 100 cm³/mol. The smallest absolute Gasteiger partial charge is 0.309 e. The van der Waals surface area contributed by atoms with Crippen molar-refractivity contribution >= 4 is 34.2 Å². The van der Waals surface area contributed by atoms with Crippen LogP contribution in [0.4, 0.5) is 0 Å². The van der Waals surface area contributed by atoms with Gasteiger partial charge >= 0.3 is 5.97 Å². The highest BCUT2D eigenvalue weighted by Crippen LogP contribution is 2.54. The average molecular weight is 379 g/mol. The number of carboxylic acid groups (broad SMARTS) is 1. The van der Waals surface area contributed by atoms with Crippen molar-refractivity contribution in [3.05, 3.63) is 11.1 Å². The maximum absolute atomic E-state index is 12.8. The summed E-state index contributed by atoms with van der Waals surface area (Å²) in [4.78, 5) is 45.3. The third-order valence-electron chi connectivity index (χ3n) is 6.40. The van der Waals surface area contributed by atoms with Crippen molar-refractivity contribution in [3.8, 4) is 0 Å². The molecule has 2 amide bonds. The molecule has 1 unspecified atom stereocenters. The summed E-state index contributed by atoms with van der Waals surface area (Å²) in [6.07, 6.45) is 4.47. The van der Waals surface area contributed by atoms with Crippen LogP contribution in [0.25, 0.3) is 0 Å². The van der Waals surface area contributed by atoms with Crippen LogP contribution in [-0.2, 0) is 14.4 Å². The molecule has 2 saturated heterocycles. The van der Waals surface area contributed by atoms with Gasteiger partial charge in [0.1, 0.15) is 0 Å². The van der Waals surface area contributed by atoms with Crippen LogP contribution >= 0.6 is 10.9 Å². The normalized spacial score (nSPS) is 34.6. The van der Waals surface area contributed by atoms with Crippen molar-refractivity contribution in [3.63, 3.8) is 0 Å². The molecule has 3 atom stereocenters. The standard InChI is InChI=1S/C18H25N3O4S/c1-17(2)4-11(17)14(22)21-8-18(9-21)7-20(6-12(18)16(24)25)15(23)13-5-19-10-26(13)3/h5,10-12,26H,4,6-9H2,1-3H3,(H,24,25)/t11-,12-/m1/s1. The quantitative estimate of drug-likeness (QED) is 0.714. The summed E-state index contributed by atoms with van der Waals surface area (Å²) < 4.78 is 0. The van der Waals surface area contributed by atoms with Crippen LogP contribution in [0.5, 0.6) is 0 Å². The molecule has 1 N–H and O–H groups in total. The highest BCUT2D eigenvalue weighted by Gasteiger charge is 2.62. The van der Waals surface area contributed by atoms with Crippen molar-refractivity contribution in [1.82, 2.24) is 9.80 Å². The van der Waals surface area contributed by atoms with Gasteiger partial charge in [0.05, 0.1) is 10.8 Å². The van der Waals surface area contributed by atoms with E-state index in [9.17, 15) is 19.5 Å². The van der Waals surface area contributed by atoms with E-state index >= 15 is 0 Å². The molecule has 3 aliphatic heterocycles. The zero-order valence-corrected chi connectivity index (χ0v) is 16.2. The third kappa shape index (κ3) is 2.57. The number of hydrogen-bond donors (Lipinski definition) is 2. The monoisotopic (exact) mass is 379 g/mol. The van der Waals surface area contributed by atoms with Crippen LogP contribution in [-0.4, -0.2) is 70.7 Å². The van der Waals surface area contributed by atoms with Crippen LogP contribution in [0.3, 0.4) is 0 Å². The van der Waals surface area contributed by atoms with Gasteiger partial charge in [0.25, 0.3) is 5.91 Å². The Labute approximate surface area is 155 Å². The number of rotatable bonds is 3. The van der Waals surface area contributed by atoms with E-state index < -0.39 is 28.2 Å². The molecule has 0 radical (unpaired) electrons. The van der Waals surface area contributed by atoms with Crippen LogP contribution in [0.1, 0.15) is 20.3 Å². The van der Waals surface area contributed by atoms with Gasteiger partial charge in [-0.15, -0.1) is 0 Å². The number of hydrogen-bond acceptors (Lipinski definition) is 4. The van der Waals surface area contributed by atoms with E-state index in [0.717, 1.165) is 6.42 Å². The van der Waals surface area contributed by atoms with E-state index in [1.807, 2.05) is 6.26 Å². The van der Waals surface area contributed by atoms with Crippen LogP contribution in [0, 0.1) is 22.7 Å². The molecular formula is C18H25N3O4S. The Kier molecular flexibility index (Phi) is 3.77. The lowest BCUT2D eigenvalue weighted by molar-refractivity contribution is -0.158. The Balaban J connectivity index is 1.46. The first-order chi connectivity index (χ1) is 12.1. The van der Waals surface area contributed by atoms with Gasteiger partial charge < -0.3 is 14.9 Å². The maximum atomic E-state index is 12.8. The minimum atomic E-state index is -0.880. The summed E-state index contributed by atoms with van der Waals surface area (Å²) in [5.74, 6) is -1.40. The Hall–Kier alpha value is -1.83. The van der Waals surface area contributed by atoms with Gasteiger partial charge in [0, 0.05) is 49.3 Å². The lowest BCUT2D eigenvalue weighted by Crippen LogP contribution is -2.63. The van der Waals surface area contributed by atoms with Gasteiger partial charge in [-0.3, -0.25) is 19.4 Å². The second-order valence-electron chi connectivity index (χ2n) is 8.77. The summed E-state index contributed by atoms with van der Waals surface area (Å²) in [5, 5.41) is 9.68. The molecule has 1 saturated carbocycles. The third-order valence-corrected chi connectivity index (χ3v) is 7.95. The van der Waals surface area contributed by atoms with Crippen molar-refractivity contribution in [2.45, 2.75) is 20.3 Å². The summed E-state index contributed by atoms with van der Waals surface area (Å²) in [6.45, 7) is 5.67. The zero-order valence-electron chi connectivity index (χ0n) is 15.3. The molecule has 142 valence electrons. The van der Waals surface area contributed by atoms with Crippen molar-refractivity contribution in [2.75, 3.05) is 32.4 Å². The fourth-order valence-electron chi connectivity index (χ4n) is 4.49. The zero-order chi connectivity index (χ0) is 18.9. The second-order valence-corrected chi connectivity index (χ2v) is 10.7. The number of thiol groups is 1. The molecule has 4 rings (SSSR count). The van der Waals surface area contributed by atoms with E-state index in [0.29, 0.717) is 24.5 Å². The number of nitrogens with zero attached hydrogens (tertiary/aromatic N) is 3. The van der Waals surface area contributed by atoms with Crippen molar-refractivity contribution in [1.29, 1.82) is 0 Å². The van der Waals surface area contributed by atoms with Crippen molar-refractivity contribution in [2.24, 2.45) is 27.7 Å². The predicted octanol–water partition coefficient (Wildman–Crippen LogP) is 0.918. The number of aliphatic carboxylic acids is 1. The SMILES string of the molecule is C[SH]1C=NC=C1C(=O)N1C[C@H](C(=O)O)C2(C1)CN(C(=O)[C@H]1CC1(C)C)C2. The molecule has 0 aromatic heterocycles. The van der Waals surface area contributed by atoms with E-state index in [4.69, 9.17) is 0 Å². The molecule has 0 aromatic rings. The Bertz CT molecular complexity index is 754. The molecule has 1 aliphatic carbocycles. The van der Waals surface area contributed by atoms with E-state index in [1.54, 1.807) is 21.5 Å². The van der Waals surface area contributed by atoms with Gasteiger partial charge in [0.2, 0.25) is 5.91 Å². The highest BCUT2D eigenvalue weighted by molar-refractivity contribution is 8.31. The van der Waals surface area contributed by atoms with Crippen LogP contribution < -0.4 is 0 Å². The van der Waals surface area contributed by atoms with Crippen LogP contribution in [0.15, 0.2) is 16.1 Å². The van der Waals surface area contributed by atoms with Crippen molar-refractivity contribution < 1.29 is 19.5 Å². The molecule has 1 spiro atoms. The number of carboxylic acids is 1. The number of amides is 2. The molecule has 7 nitrogen and oxygen atoms in total. The Morgan fingerprint density at radius 2 is 1.81 bits per heavy atom. The van der Waals surface area contributed by atoms with Gasteiger partial charge in [0.15, 0.2) is 0 Å². The fraction of sp³-hybridized carbons (Fsp3) is 0.667. The number of carbonyl (C=O) groups is 3. The first kappa shape index (κ1) is 17.6. The molecule has 0 aromatic carbocycles.